The van der Waals surface area contributed by atoms with E-state index in [1.165, 1.54) is 29.2 Å². The van der Waals surface area contributed by atoms with Gasteiger partial charge in [-0.2, -0.15) is 0 Å². The van der Waals surface area contributed by atoms with Gasteiger partial charge in [-0.1, -0.05) is 0 Å². The van der Waals surface area contributed by atoms with Crippen molar-refractivity contribution < 1.29 is 27.9 Å². The zero-order chi connectivity index (χ0) is 17.6. The van der Waals surface area contributed by atoms with Gasteiger partial charge in [0.15, 0.2) is 9.84 Å². The van der Waals surface area contributed by atoms with Crippen molar-refractivity contribution in [3.05, 3.63) is 24.3 Å². The predicted molar refractivity (Wildman–Crippen MR) is 84.1 cm³/mol. The van der Waals surface area contributed by atoms with E-state index in [9.17, 15) is 18.0 Å². The van der Waals surface area contributed by atoms with Crippen molar-refractivity contribution in [1.82, 2.24) is 4.90 Å². The van der Waals surface area contributed by atoms with Crippen LogP contribution in [0.1, 0.15) is 20.3 Å². The number of hydrogen-bond donors (Lipinski definition) is 1. The summed E-state index contributed by atoms with van der Waals surface area (Å²) in [4.78, 5) is 24.2. The summed E-state index contributed by atoms with van der Waals surface area (Å²) < 4.78 is 28.1. The van der Waals surface area contributed by atoms with E-state index in [4.69, 9.17) is 9.84 Å². The van der Waals surface area contributed by atoms with Crippen LogP contribution in [0.5, 0.6) is 5.75 Å². The summed E-state index contributed by atoms with van der Waals surface area (Å²) in [5.41, 5.74) is 0. The van der Waals surface area contributed by atoms with Crippen LogP contribution < -0.4 is 4.74 Å². The Morgan fingerprint density at radius 2 is 1.78 bits per heavy atom. The summed E-state index contributed by atoms with van der Waals surface area (Å²) in [5, 5.41) is 8.80. The van der Waals surface area contributed by atoms with Crippen LogP contribution in [0.25, 0.3) is 0 Å². The second-order valence-electron chi connectivity index (χ2n) is 5.35. The molecule has 0 saturated heterocycles. The molecule has 8 heteroatoms. The van der Waals surface area contributed by atoms with E-state index in [0.717, 1.165) is 6.26 Å². The van der Waals surface area contributed by atoms with Crippen LogP contribution in [0.3, 0.4) is 0 Å². The molecule has 0 fully saturated rings. The fourth-order valence-corrected chi connectivity index (χ4v) is 2.52. The molecule has 0 heterocycles. The molecule has 0 atom stereocenters. The second kappa shape index (κ2) is 7.96. The second-order valence-corrected chi connectivity index (χ2v) is 7.37. The molecule has 1 N–H and O–H groups in total. The van der Waals surface area contributed by atoms with Gasteiger partial charge in [0.05, 0.1) is 17.9 Å². The number of hydrogen-bond acceptors (Lipinski definition) is 5. The number of benzene rings is 1. The van der Waals surface area contributed by atoms with E-state index in [0.29, 0.717) is 5.75 Å². The fourth-order valence-electron chi connectivity index (χ4n) is 1.89. The molecule has 0 unspecified atom stereocenters. The van der Waals surface area contributed by atoms with Gasteiger partial charge in [-0.25, -0.2) is 8.42 Å². The number of carbonyl (C=O) groups is 2. The standard InChI is InChI=1S/C15H21NO6S/c1-11(2)16(10-15(18)19)14(17)8-9-22-12-4-6-13(7-5-12)23(3,20)21/h4-7,11H,8-10H2,1-3H3,(H,18,19). The molecule has 23 heavy (non-hydrogen) atoms. The van der Waals surface area contributed by atoms with Crippen molar-refractivity contribution in [3.63, 3.8) is 0 Å². The van der Waals surface area contributed by atoms with Crippen molar-refractivity contribution in [2.45, 2.75) is 31.2 Å². The SMILES string of the molecule is CC(C)N(CC(=O)O)C(=O)CCOc1ccc(S(C)(=O)=O)cc1. The minimum Gasteiger partial charge on any atom is -0.493 e. The number of amides is 1. The Bertz CT molecular complexity index is 651. The Morgan fingerprint density at radius 3 is 2.22 bits per heavy atom. The van der Waals surface area contributed by atoms with Gasteiger partial charge in [-0.05, 0) is 38.1 Å². The Kier molecular flexibility index (Phi) is 6.56. The minimum absolute atomic E-state index is 0.0410. The summed E-state index contributed by atoms with van der Waals surface area (Å²) in [5.74, 6) is -0.931. The summed E-state index contributed by atoms with van der Waals surface area (Å²) in [6.07, 6.45) is 1.16. The summed E-state index contributed by atoms with van der Waals surface area (Å²) in [7, 11) is -3.26. The third-order valence-electron chi connectivity index (χ3n) is 3.09. The van der Waals surface area contributed by atoms with Gasteiger partial charge < -0.3 is 14.7 Å². The normalized spacial score (nSPS) is 11.3. The molecule has 7 nitrogen and oxygen atoms in total. The van der Waals surface area contributed by atoms with Crippen molar-refractivity contribution >= 4 is 21.7 Å². The minimum atomic E-state index is -3.26. The van der Waals surface area contributed by atoms with Crippen molar-refractivity contribution in [3.8, 4) is 5.75 Å². The molecule has 1 aromatic carbocycles. The first-order valence-corrected chi connectivity index (χ1v) is 8.94. The number of carboxylic acid groups (broad SMARTS) is 1. The first kappa shape index (κ1) is 19.0. The number of ether oxygens (including phenoxy) is 1. The maximum atomic E-state index is 12.0. The van der Waals surface area contributed by atoms with Crippen molar-refractivity contribution in [1.29, 1.82) is 0 Å². The highest BCUT2D eigenvalue weighted by Crippen LogP contribution is 2.16. The van der Waals surface area contributed by atoms with E-state index in [1.807, 2.05) is 0 Å². The van der Waals surface area contributed by atoms with Crippen LogP contribution in [0.2, 0.25) is 0 Å². The van der Waals surface area contributed by atoms with E-state index in [2.05, 4.69) is 0 Å². The van der Waals surface area contributed by atoms with Crippen molar-refractivity contribution in [2.75, 3.05) is 19.4 Å². The zero-order valence-electron chi connectivity index (χ0n) is 13.4. The molecule has 0 bridgehead atoms. The van der Waals surface area contributed by atoms with Crippen LogP contribution >= 0.6 is 0 Å². The van der Waals surface area contributed by atoms with Crippen LogP contribution in [-0.2, 0) is 19.4 Å². The predicted octanol–water partition coefficient (Wildman–Crippen LogP) is 1.18. The van der Waals surface area contributed by atoms with Gasteiger partial charge >= 0.3 is 5.97 Å². The largest absolute Gasteiger partial charge is 0.493 e. The number of carbonyl (C=O) groups excluding carboxylic acids is 1. The molecule has 0 spiro atoms. The lowest BCUT2D eigenvalue weighted by molar-refractivity contribution is -0.146. The molecule has 1 amide bonds. The van der Waals surface area contributed by atoms with Crippen LogP contribution in [0.15, 0.2) is 29.2 Å². The fraction of sp³-hybridized carbons (Fsp3) is 0.467. The first-order valence-electron chi connectivity index (χ1n) is 7.05. The first-order chi connectivity index (χ1) is 10.6. The Hall–Kier alpha value is -2.09. The number of nitrogens with zero attached hydrogens (tertiary/aromatic N) is 1. The number of rotatable bonds is 8. The van der Waals surface area contributed by atoms with E-state index in [-0.39, 0.29) is 36.4 Å². The third kappa shape index (κ3) is 6.27. The molecule has 0 aliphatic heterocycles. The highest BCUT2D eigenvalue weighted by Gasteiger charge is 2.19. The Labute approximate surface area is 135 Å². The topological polar surface area (TPSA) is 101 Å². The average Bonchev–Trinajstić information content (AvgIpc) is 2.43. The monoisotopic (exact) mass is 343 g/mol. The maximum Gasteiger partial charge on any atom is 0.323 e. The molecule has 0 aromatic heterocycles. The van der Waals surface area contributed by atoms with Gasteiger partial charge in [-0.3, -0.25) is 9.59 Å². The average molecular weight is 343 g/mol. The van der Waals surface area contributed by atoms with Crippen LogP contribution in [0.4, 0.5) is 0 Å². The van der Waals surface area contributed by atoms with Gasteiger partial charge in [-0.15, -0.1) is 0 Å². The molecule has 0 aliphatic carbocycles. The molecular formula is C15H21NO6S. The third-order valence-corrected chi connectivity index (χ3v) is 4.21. The molecule has 1 aromatic rings. The maximum absolute atomic E-state index is 12.0. The van der Waals surface area contributed by atoms with Crippen molar-refractivity contribution in [2.24, 2.45) is 0 Å². The Morgan fingerprint density at radius 1 is 1.22 bits per heavy atom. The Balaban J connectivity index is 2.55. The highest BCUT2D eigenvalue weighted by molar-refractivity contribution is 7.90. The summed E-state index contributed by atoms with van der Waals surface area (Å²) in [6.45, 7) is 3.22. The van der Waals surface area contributed by atoms with E-state index in [1.54, 1.807) is 13.8 Å². The lowest BCUT2D eigenvalue weighted by atomic mass is 10.2. The molecule has 0 saturated carbocycles. The molecule has 0 radical (unpaired) electrons. The molecule has 128 valence electrons. The summed E-state index contributed by atoms with van der Waals surface area (Å²) >= 11 is 0. The van der Waals surface area contributed by atoms with Gasteiger partial charge in [0.1, 0.15) is 12.3 Å². The van der Waals surface area contributed by atoms with E-state index >= 15 is 0 Å². The lowest BCUT2D eigenvalue weighted by Gasteiger charge is -2.24. The van der Waals surface area contributed by atoms with Gasteiger partial charge in [0.25, 0.3) is 0 Å². The smallest absolute Gasteiger partial charge is 0.323 e. The number of aliphatic carboxylic acids is 1. The molecular weight excluding hydrogens is 322 g/mol. The number of carboxylic acids is 1. The molecule has 1 rings (SSSR count). The van der Waals surface area contributed by atoms with Crippen LogP contribution in [-0.4, -0.2) is 55.7 Å². The zero-order valence-corrected chi connectivity index (χ0v) is 14.2. The lowest BCUT2D eigenvalue weighted by Crippen LogP contribution is -2.41. The van der Waals surface area contributed by atoms with Crippen LogP contribution in [0, 0.1) is 0 Å². The summed E-state index contributed by atoms with van der Waals surface area (Å²) in [6, 6.07) is 5.67. The highest BCUT2D eigenvalue weighted by atomic mass is 32.2. The van der Waals surface area contributed by atoms with E-state index < -0.39 is 15.8 Å². The molecule has 0 aliphatic rings. The number of sulfone groups is 1. The quantitative estimate of drug-likeness (QED) is 0.760. The van der Waals surface area contributed by atoms with Gasteiger partial charge in [0.2, 0.25) is 5.91 Å². The van der Waals surface area contributed by atoms with Gasteiger partial charge in [0, 0.05) is 12.3 Å².